The van der Waals surface area contributed by atoms with Gasteiger partial charge in [-0.1, -0.05) is 13.3 Å². The van der Waals surface area contributed by atoms with Crippen molar-refractivity contribution >= 4 is 6.09 Å². The maximum Gasteiger partial charge on any atom is 0.410 e. The Morgan fingerprint density at radius 3 is 2.79 bits per heavy atom. The van der Waals surface area contributed by atoms with Gasteiger partial charge in [-0.3, -0.25) is 0 Å². The van der Waals surface area contributed by atoms with Crippen LogP contribution < -0.4 is 5.32 Å². The minimum atomic E-state index is -0.434. The summed E-state index contributed by atoms with van der Waals surface area (Å²) in [7, 11) is 0. The number of aryl methyl sites for hydroxylation is 1. The van der Waals surface area contributed by atoms with Crippen LogP contribution in [0.2, 0.25) is 0 Å². The van der Waals surface area contributed by atoms with E-state index in [0.29, 0.717) is 12.0 Å². The van der Waals surface area contributed by atoms with Crippen molar-refractivity contribution in [1.82, 2.24) is 19.8 Å². The van der Waals surface area contributed by atoms with Gasteiger partial charge in [-0.2, -0.15) is 0 Å². The van der Waals surface area contributed by atoms with Gasteiger partial charge in [0.1, 0.15) is 11.4 Å². The van der Waals surface area contributed by atoms with E-state index in [0.717, 1.165) is 44.8 Å². The van der Waals surface area contributed by atoms with Crippen molar-refractivity contribution in [2.24, 2.45) is 5.92 Å². The lowest BCUT2D eigenvalue weighted by Crippen LogP contribution is -2.52. The van der Waals surface area contributed by atoms with Crippen molar-refractivity contribution in [3.63, 3.8) is 0 Å². The van der Waals surface area contributed by atoms with E-state index in [1.165, 1.54) is 0 Å². The first-order chi connectivity index (χ1) is 11.3. The lowest BCUT2D eigenvalue weighted by Gasteiger charge is -2.39. The lowest BCUT2D eigenvalue weighted by molar-refractivity contribution is 0.0129. The molecule has 1 fully saturated rings. The molecule has 0 bridgehead atoms. The van der Waals surface area contributed by atoms with Gasteiger partial charge in [-0.05, 0) is 40.0 Å². The highest BCUT2D eigenvalue weighted by Crippen LogP contribution is 2.22. The Labute approximate surface area is 145 Å². The topological polar surface area (TPSA) is 59.4 Å². The van der Waals surface area contributed by atoms with Crippen LogP contribution in [-0.2, 0) is 11.3 Å². The van der Waals surface area contributed by atoms with Gasteiger partial charge in [0.15, 0.2) is 0 Å². The lowest BCUT2D eigenvalue weighted by atomic mass is 9.90. The molecule has 6 nitrogen and oxygen atoms in total. The third-order valence-electron chi connectivity index (χ3n) is 4.59. The molecular formula is C18H32N4O2. The van der Waals surface area contributed by atoms with Crippen molar-refractivity contribution in [3.8, 4) is 0 Å². The van der Waals surface area contributed by atoms with Crippen molar-refractivity contribution in [2.45, 2.75) is 65.6 Å². The zero-order chi connectivity index (χ0) is 17.7. The largest absolute Gasteiger partial charge is 0.444 e. The minimum Gasteiger partial charge on any atom is -0.444 e. The molecule has 1 saturated heterocycles. The summed E-state index contributed by atoms with van der Waals surface area (Å²) in [6.07, 6.45) is 5.69. The number of imidazole rings is 1. The predicted octanol–water partition coefficient (Wildman–Crippen LogP) is 2.82. The van der Waals surface area contributed by atoms with Gasteiger partial charge in [-0.15, -0.1) is 0 Å². The van der Waals surface area contributed by atoms with Crippen LogP contribution in [0.5, 0.6) is 0 Å². The summed E-state index contributed by atoms with van der Waals surface area (Å²) in [5, 5.41) is 3.67. The van der Waals surface area contributed by atoms with Gasteiger partial charge in [-0.25, -0.2) is 9.78 Å². The molecular weight excluding hydrogens is 304 g/mol. The molecule has 1 amide bonds. The van der Waals surface area contributed by atoms with Crippen LogP contribution in [0.4, 0.5) is 4.79 Å². The molecule has 0 spiro atoms. The van der Waals surface area contributed by atoms with Crippen molar-refractivity contribution in [3.05, 3.63) is 18.2 Å². The van der Waals surface area contributed by atoms with Crippen molar-refractivity contribution in [1.29, 1.82) is 0 Å². The highest BCUT2D eigenvalue weighted by molar-refractivity contribution is 5.68. The number of amides is 1. The average Bonchev–Trinajstić information content (AvgIpc) is 2.91. The van der Waals surface area contributed by atoms with E-state index >= 15 is 0 Å². The summed E-state index contributed by atoms with van der Waals surface area (Å²) in [4.78, 5) is 18.4. The second kappa shape index (κ2) is 8.01. The predicted molar refractivity (Wildman–Crippen MR) is 95.0 cm³/mol. The smallest absolute Gasteiger partial charge is 0.410 e. The number of hydrogen-bond acceptors (Lipinski definition) is 4. The first-order valence-corrected chi connectivity index (χ1v) is 8.99. The molecule has 2 atom stereocenters. The number of nitrogens with zero attached hydrogens (tertiary/aromatic N) is 3. The molecule has 0 aromatic carbocycles. The first kappa shape index (κ1) is 18.8. The van der Waals surface area contributed by atoms with E-state index in [1.807, 2.05) is 45.0 Å². The molecule has 6 heteroatoms. The highest BCUT2D eigenvalue weighted by Gasteiger charge is 2.32. The fourth-order valence-corrected chi connectivity index (χ4v) is 3.22. The number of carbonyl (C=O) groups is 1. The number of aromatic nitrogens is 2. The van der Waals surface area contributed by atoms with Crippen LogP contribution in [-0.4, -0.2) is 51.8 Å². The number of hydrogen-bond donors (Lipinski definition) is 1. The zero-order valence-corrected chi connectivity index (χ0v) is 15.7. The Morgan fingerprint density at radius 1 is 1.46 bits per heavy atom. The second-order valence-corrected chi connectivity index (χ2v) is 7.61. The minimum absolute atomic E-state index is 0.187. The van der Waals surface area contributed by atoms with Crippen LogP contribution in [0, 0.1) is 12.8 Å². The summed E-state index contributed by atoms with van der Waals surface area (Å²) >= 11 is 0. The number of ether oxygens (including phenoxy) is 1. The molecule has 1 aliphatic rings. The molecule has 0 saturated carbocycles. The standard InChI is InChI=1S/C18H32N4O2/c1-6-15-13-22(17(23)24-18(3,4)5)10-7-16(15)20-9-12-21-11-8-19-14(21)2/h8,11,15-16,20H,6-7,9-10,12-13H2,1-5H3. The molecule has 1 aromatic heterocycles. The Balaban J connectivity index is 1.82. The SMILES string of the molecule is CCC1CN(C(=O)OC(C)(C)C)CCC1NCCn1ccnc1C. The summed E-state index contributed by atoms with van der Waals surface area (Å²) < 4.78 is 7.66. The van der Waals surface area contributed by atoms with Gasteiger partial charge >= 0.3 is 6.09 Å². The Bertz CT molecular complexity index is 535. The van der Waals surface area contributed by atoms with Crippen LogP contribution in [0.15, 0.2) is 12.4 Å². The number of likely N-dealkylation sites (tertiary alicyclic amines) is 1. The molecule has 0 radical (unpaired) electrons. The summed E-state index contributed by atoms with van der Waals surface area (Å²) in [5.41, 5.74) is -0.434. The first-order valence-electron chi connectivity index (χ1n) is 8.99. The second-order valence-electron chi connectivity index (χ2n) is 7.61. The van der Waals surface area contributed by atoms with E-state index in [4.69, 9.17) is 4.74 Å². The van der Waals surface area contributed by atoms with Gasteiger partial charge in [0.2, 0.25) is 0 Å². The van der Waals surface area contributed by atoms with Crippen LogP contribution in [0.3, 0.4) is 0 Å². The quantitative estimate of drug-likeness (QED) is 0.898. The molecule has 0 aliphatic carbocycles. The fraction of sp³-hybridized carbons (Fsp3) is 0.778. The maximum absolute atomic E-state index is 12.3. The molecule has 1 N–H and O–H groups in total. The monoisotopic (exact) mass is 336 g/mol. The van der Waals surface area contributed by atoms with E-state index in [9.17, 15) is 4.79 Å². The van der Waals surface area contributed by atoms with E-state index < -0.39 is 5.60 Å². The number of nitrogens with one attached hydrogen (secondary N) is 1. The normalized spacial score (nSPS) is 21.8. The molecule has 1 aliphatic heterocycles. The van der Waals surface area contributed by atoms with E-state index in [2.05, 4.69) is 21.8 Å². The molecule has 24 heavy (non-hydrogen) atoms. The van der Waals surface area contributed by atoms with Crippen LogP contribution in [0.25, 0.3) is 0 Å². The average molecular weight is 336 g/mol. The Kier molecular flexibility index (Phi) is 6.27. The van der Waals surface area contributed by atoms with Gasteiger partial charge in [0.05, 0.1) is 0 Å². The third kappa shape index (κ3) is 5.23. The van der Waals surface area contributed by atoms with Gasteiger partial charge in [0.25, 0.3) is 0 Å². The van der Waals surface area contributed by atoms with E-state index in [-0.39, 0.29) is 6.09 Å². The molecule has 2 unspecified atom stereocenters. The summed E-state index contributed by atoms with van der Waals surface area (Å²) in [6.45, 7) is 13.3. The van der Waals surface area contributed by atoms with Crippen molar-refractivity contribution < 1.29 is 9.53 Å². The highest BCUT2D eigenvalue weighted by atomic mass is 16.6. The van der Waals surface area contributed by atoms with Crippen LogP contribution in [0.1, 0.15) is 46.4 Å². The molecule has 2 rings (SSSR count). The molecule has 1 aromatic rings. The summed E-state index contributed by atoms with van der Waals surface area (Å²) in [6, 6.07) is 0.456. The Morgan fingerprint density at radius 2 is 2.21 bits per heavy atom. The number of piperidine rings is 1. The number of rotatable bonds is 5. The number of carbonyl (C=O) groups excluding carboxylic acids is 1. The third-order valence-corrected chi connectivity index (χ3v) is 4.59. The van der Waals surface area contributed by atoms with E-state index in [1.54, 1.807) is 0 Å². The maximum atomic E-state index is 12.3. The Hall–Kier alpha value is -1.56. The van der Waals surface area contributed by atoms with Crippen molar-refractivity contribution in [2.75, 3.05) is 19.6 Å². The fourth-order valence-electron chi connectivity index (χ4n) is 3.22. The van der Waals surface area contributed by atoms with Crippen LogP contribution >= 0.6 is 0 Å². The zero-order valence-electron chi connectivity index (χ0n) is 15.7. The van der Waals surface area contributed by atoms with Gasteiger partial charge in [0, 0.05) is 44.6 Å². The summed E-state index contributed by atoms with van der Waals surface area (Å²) in [5.74, 6) is 1.51. The molecule has 136 valence electrons. The van der Waals surface area contributed by atoms with Gasteiger partial charge < -0.3 is 19.5 Å². The molecule has 2 heterocycles.